The molecule has 4 rings (SSSR count). The van der Waals surface area contributed by atoms with Gasteiger partial charge in [-0.15, -0.1) is 6.58 Å². The van der Waals surface area contributed by atoms with Crippen LogP contribution in [0.4, 0.5) is 5.82 Å². The minimum atomic E-state index is 0.270. The van der Waals surface area contributed by atoms with Crippen LogP contribution in [0.5, 0.6) is 0 Å². The van der Waals surface area contributed by atoms with Crippen LogP contribution in [0.2, 0.25) is 0 Å². The number of aliphatic hydroxyl groups excluding tert-OH is 1. The molecule has 202 valence electrons. The first kappa shape index (κ1) is 30.0. The Morgan fingerprint density at radius 1 is 1.22 bits per heavy atom. The number of aliphatic hydroxyl groups is 1. The lowest BCUT2D eigenvalue weighted by Crippen LogP contribution is -2.31. The second-order valence-electron chi connectivity index (χ2n) is 9.29. The van der Waals surface area contributed by atoms with Gasteiger partial charge < -0.3 is 10.4 Å². The summed E-state index contributed by atoms with van der Waals surface area (Å²) in [6, 6.07) is 8.59. The van der Waals surface area contributed by atoms with Crippen molar-refractivity contribution in [3.8, 4) is 0 Å². The Bertz CT molecular complexity index is 1020. The lowest BCUT2D eigenvalue weighted by Gasteiger charge is -2.23. The third-order valence-electron chi connectivity index (χ3n) is 6.43. The van der Waals surface area contributed by atoms with E-state index < -0.39 is 0 Å². The van der Waals surface area contributed by atoms with Crippen molar-refractivity contribution in [3.63, 3.8) is 0 Å². The maximum absolute atomic E-state index is 9.45. The van der Waals surface area contributed by atoms with Crippen molar-refractivity contribution < 1.29 is 5.11 Å². The van der Waals surface area contributed by atoms with Crippen LogP contribution >= 0.6 is 43.8 Å². The number of hydrogen-bond acceptors (Lipinski definition) is 6. The van der Waals surface area contributed by atoms with Gasteiger partial charge in [-0.2, -0.15) is 5.10 Å². The van der Waals surface area contributed by atoms with Gasteiger partial charge in [0.25, 0.3) is 0 Å². The topological polar surface area (TPSA) is 65.3 Å². The van der Waals surface area contributed by atoms with E-state index in [0.29, 0.717) is 11.7 Å². The molecule has 0 saturated carbocycles. The molecule has 3 N–H and O–H groups in total. The van der Waals surface area contributed by atoms with Gasteiger partial charge in [0, 0.05) is 42.0 Å². The van der Waals surface area contributed by atoms with Crippen LogP contribution in [-0.2, 0) is 6.67 Å². The Labute approximate surface area is 243 Å². The maximum Gasteiger partial charge on any atom is 0.139 e. The van der Waals surface area contributed by atoms with Crippen molar-refractivity contribution in [3.05, 3.63) is 76.0 Å². The van der Waals surface area contributed by atoms with Crippen LogP contribution in [0.3, 0.4) is 0 Å². The second kappa shape index (κ2) is 16.4. The lowest BCUT2D eigenvalue weighted by atomic mass is 10.00. The predicted molar refractivity (Wildman–Crippen MR) is 164 cm³/mol. The van der Waals surface area contributed by atoms with Crippen LogP contribution in [0, 0.1) is 11.8 Å². The quantitative estimate of drug-likeness (QED) is 0.190. The fourth-order valence-corrected chi connectivity index (χ4v) is 6.26. The Balaban J connectivity index is 0.000000289. The monoisotopic (exact) mass is 651 g/mol. The number of hydrogen-bond donors (Lipinski definition) is 3. The number of benzene rings is 1. The van der Waals surface area contributed by atoms with Crippen LogP contribution in [-0.4, -0.2) is 45.9 Å². The average Bonchev–Trinajstić information content (AvgIpc) is 3.03. The first-order chi connectivity index (χ1) is 18.0. The smallest absolute Gasteiger partial charge is 0.139 e. The van der Waals surface area contributed by atoms with E-state index in [1.54, 1.807) is 0 Å². The number of rotatable bonds is 9. The molecule has 0 bridgehead atoms. The fraction of sp³-hybridized carbons (Fsp3) is 0.464. The summed E-state index contributed by atoms with van der Waals surface area (Å²) in [5.41, 5.74) is 0. The zero-order valence-electron chi connectivity index (χ0n) is 21.6. The number of nitrogens with one attached hydrogen (secondary N) is 2. The molecule has 9 heteroatoms. The van der Waals surface area contributed by atoms with Gasteiger partial charge in [-0.05, 0) is 96.2 Å². The second-order valence-corrected chi connectivity index (χ2v) is 12.2. The van der Waals surface area contributed by atoms with Gasteiger partial charge in [0.2, 0.25) is 0 Å². The van der Waals surface area contributed by atoms with E-state index in [1.807, 2.05) is 42.0 Å². The zero-order valence-corrected chi connectivity index (χ0v) is 25.6. The van der Waals surface area contributed by atoms with E-state index >= 15 is 0 Å². The molecule has 1 fully saturated rings. The summed E-state index contributed by atoms with van der Waals surface area (Å²) in [5.74, 6) is 2.46. The highest BCUT2D eigenvalue weighted by Gasteiger charge is 2.19. The summed E-state index contributed by atoms with van der Waals surface area (Å²) in [5, 5.41) is 20.6. The van der Waals surface area contributed by atoms with Gasteiger partial charge in [-0.25, -0.2) is 8.99 Å². The van der Waals surface area contributed by atoms with Gasteiger partial charge in [0.1, 0.15) is 5.82 Å². The summed E-state index contributed by atoms with van der Waals surface area (Å²) in [6.45, 7) is 7.67. The zero-order chi connectivity index (χ0) is 26.5. The number of anilines is 1. The Morgan fingerprint density at radius 2 is 2.03 bits per heavy atom. The number of aromatic nitrogens is 2. The molecule has 37 heavy (non-hydrogen) atoms. The highest BCUT2D eigenvalue weighted by Crippen LogP contribution is 2.29. The van der Waals surface area contributed by atoms with Crippen molar-refractivity contribution >= 4 is 49.6 Å². The molecule has 0 amide bonds. The van der Waals surface area contributed by atoms with Gasteiger partial charge in [0.15, 0.2) is 0 Å². The fourth-order valence-electron chi connectivity index (χ4n) is 4.44. The highest BCUT2D eigenvalue weighted by molar-refractivity contribution is 9.10. The van der Waals surface area contributed by atoms with Crippen molar-refractivity contribution in [2.45, 2.75) is 50.1 Å². The van der Waals surface area contributed by atoms with Crippen LogP contribution in [0.1, 0.15) is 38.5 Å². The molecule has 1 saturated heterocycles. The van der Waals surface area contributed by atoms with Gasteiger partial charge >= 0.3 is 0 Å². The first-order valence-corrected chi connectivity index (χ1v) is 15.3. The summed E-state index contributed by atoms with van der Waals surface area (Å²) in [6.07, 6.45) is 16.3. The Hall–Kier alpha value is -1.52. The molecule has 0 radical (unpaired) electrons. The van der Waals surface area contributed by atoms with Crippen LogP contribution in [0.25, 0.3) is 0 Å². The summed E-state index contributed by atoms with van der Waals surface area (Å²) < 4.78 is 6.60. The molecular weight excluding hydrogens is 614 g/mol. The van der Waals surface area contributed by atoms with E-state index in [-0.39, 0.29) is 5.92 Å². The molecule has 2 heterocycles. The molecule has 2 atom stereocenters. The molecule has 0 spiro atoms. The van der Waals surface area contributed by atoms with E-state index in [0.717, 1.165) is 60.3 Å². The number of halogens is 2. The first-order valence-electron chi connectivity index (χ1n) is 12.9. The lowest BCUT2D eigenvalue weighted by molar-refractivity contribution is 0.330. The summed E-state index contributed by atoms with van der Waals surface area (Å²) in [4.78, 5) is 1.31. The molecule has 2 aliphatic rings. The highest BCUT2D eigenvalue weighted by atomic mass is 79.9. The van der Waals surface area contributed by atoms with E-state index in [4.69, 9.17) is 0 Å². The standard InChI is InChI=1S/C18H25Br2N5S.C10H14O/c1-21-18-17(20)11-23-25(18)13-22-10-14-4-2-3-9-24(12-14)26-16-7-5-15(19)6-8-16;1-2-6-9-7-4-3-5-8-10(9)11/h5-8,11,14,21-22H,2-4,9-10,12-13H2,1H3;2-4,8-9,11H,1,5-7H2. The molecular formula is C28H39Br2N5OS. The molecule has 1 aliphatic carbocycles. The third-order valence-corrected chi connectivity index (χ3v) is 8.61. The van der Waals surface area contributed by atoms with Crippen molar-refractivity contribution in [2.75, 3.05) is 32.0 Å². The van der Waals surface area contributed by atoms with E-state index in [2.05, 4.69) is 94.9 Å². The molecule has 1 aromatic carbocycles. The van der Waals surface area contributed by atoms with Gasteiger partial charge in [-0.3, -0.25) is 5.32 Å². The number of nitrogens with zero attached hydrogens (tertiary/aromatic N) is 3. The van der Waals surface area contributed by atoms with Crippen molar-refractivity contribution in [2.24, 2.45) is 11.8 Å². The van der Waals surface area contributed by atoms with E-state index in [9.17, 15) is 5.11 Å². The molecule has 2 unspecified atom stereocenters. The molecule has 1 aromatic heterocycles. The normalized spacial score (nSPS) is 20.2. The number of allylic oxidation sites excluding steroid dienone is 5. The minimum absolute atomic E-state index is 0.270. The van der Waals surface area contributed by atoms with Crippen LogP contribution < -0.4 is 10.6 Å². The minimum Gasteiger partial charge on any atom is -0.512 e. The van der Waals surface area contributed by atoms with Crippen molar-refractivity contribution in [1.29, 1.82) is 0 Å². The Kier molecular flexibility index (Phi) is 13.3. The maximum atomic E-state index is 9.45. The van der Waals surface area contributed by atoms with Crippen LogP contribution in [0.15, 0.2) is 80.9 Å². The van der Waals surface area contributed by atoms with Gasteiger partial charge in [0.05, 0.1) is 23.1 Å². The molecule has 1 aliphatic heterocycles. The Morgan fingerprint density at radius 3 is 2.78 bits per heavy atom. The third kappa shape index (κ3) is 10.3. The SMILES string of the molecule is C=CCC1CC=CCC=C1O.CNc1c(Br)cnn1CNCC1CCCCN(Sc2ccc(Br)cc2)C1. The molecule has 6 nitrogen and oxygen atoms in total. The van der Waals surface area contributed by atoms with Crippen molar-refractivity contribution in [1.82, 2.24) is 19.4 Å². The average molecular weight is 654 g/mol. The van der Waals surface area contributed by atoms with Gasteiger partial charge in [-0.1, -0.05) is 40.6 Å². The van der Waals surface area contributed by atoms with E-state index in [1.165, 1.54) is 24.2 Å². The largest absolute Gasteiger partial charge is 0.512 e. The molecule has 2 aromatic rings. The summed E-state index contributed by atoms with van der Waals surface area (Å²) in [7, 11) is 1.92. The predicted octanol–water partition coefficient (Wildman–Crippen LogP) is 7.78. The summed E-state index contributed by atoms with van der Waals surface area (Å²) >= 11 is 8.90.